The summed E-state index contributed by atoms with van der Waals surface area (Å²) in [7, 11) is -0.319. The van der Waals surface area contributed by atoms with Crippen molar-refractivity contribution in [2.45, 2.75) is 24.2 Å². The van der Waals surface area contributed by atoms with E-state index in [1.54, 1.807) is 5.30 Å². The molecule has 0 saturated carbocycles. The van der Waals surface area contributed by atoms with E-state index in [0.29, 0.717) is 11.3 Å². The van der Waals surface area contributed by atoms with Crippen LogP contribution in [0.4, 0.5) is 0 Å². The van der Waals surface area contributed by atoms with Crippen LogP contribution in [0.2, 0.25) is 0 Å². The van der Waals surface area contributed by atoms with Crippen LogP contribution in [-0.2, 0) is 0 Å². The highest BCUT2D eigenvalue weighted by atomic mass is 31.1. The third-order valence-electron chi connectivity index (χ3n) is 5.80. The molecule has 0 N–H and O–H groups in total. The van der Waals surface area contributed by atoms with Gasteiger partial charge in [0.05, 0.1) is 0 Å². The lowest BCUT2D eigenvalue weighted by molar-refractivity contribution is 0.765. The lowest BCUT2D eigenvalue weighted by atomic mass is 10.0. The predicted molar refractivity (Wildman–Crippen MR) is 118 cm³/mol. The normalized spacial score (nSPS) is 20.1. The molecule has 0 amide bonds. The van der Waals surface area contributed by atoms with Crippen LogP contribution < -0.4 is 5.30 Å². The van der Waals surface area contributed by atoms with E-state index in [0.717, 1.165) is 0 Å². The molecule has 0 nitrogen and oxygen atoms in total. The van der Waals surface area contributed by atoms with Crippen molar-refractivity contribution in [2.24, 2.45) is 0 Å². The summed E-state index contributed by atoms with van der Waals surface area (Å²) in [6.07, 6.45) is 2.55. The van der Waals surface area contributed by atoms with E-state index in [1.807, 2.05) is 0 Å². The SMILES string of the molecule is c1ccc([C@@H]2CC[C@@H](c3ccccc3)P2c2cccc3ccccc23)cc1. The van der Waals surface area contributed by atoms with Gasteiger partial charge in [-0.1, -0.05) is 111 Å². The van der Waals surface area contributed by atoms with E-state index >= 15 is 0 Å². The summed E-state index contributed by atoms with van der Waals surface area (Å²) >= 11 is 0. The zero-order chi connectivity index (χ0) is 18.1. The molecule has 0 aliphatic carbocycles. The standard InChI is InChI=1S/C26H23P/c1-3-11-21(12-4-1)24-18-19-25(22-13-5-2-6-14-22)27(24)26-17-9-15-20-10-7-8-16-23(20)26/h1-17,24-25H,18-19H2/t24-,25-/m0/s1. The molecule has 5 rings (SSSR count). The third kappa shape index (κ3) is 3.09. The second-order valence-corrected chi connectivity index (χ2v) is 9.88. The molecule has 0 bridgehead atoms. The third-order valence-corrected chi connectivity index (χ3v) is 9.20. The second-order valence-electron chi connectivity index (χ2n) is 7.34. The van der Waals surface area contributed by atoms with Gasteiger partial charge in [-0.3, -0.25) is 0 Å². The molecule has 0 unspecified atom stereocenters. The lowest BCUT2D eigenvalue weighted by Crippen LogP contribution is -2.09. The van der Waals surface area contributed by atoms with Gasteiger partial charge in [0.1, 0.15) is 0 Å². The fourth-order valence-corrected chi connectivity index (χ4v) is 8.27. The van der Waals surface area contributed by atoms with Crippen LogP contribution in [0.1, 0.15) is 35.3 Å². The quantitative estimate of drug-likeness (QED) is 0.336. The van der Waals surface area contributed by atoms with E-state index in [1.165, 1.54) is 34.7 Å². The van der Waals surface area contributed by atoms with Crippen LogP contribution in [0.3, 0.4) is 0 Å². The highest BCUT2D eigenvalue weighted by Gasteiger charge is 2.38. The van der Waals surface area contributed by atoms with Gasteiger partial charge in [-0.25, -0.2) is 0 Å². The van der Waals surface area contributed by atoms with Crippen LogP contribution in [0, 0.1) is 0 Å². The minimum absolute atomic E-state index is 0.319. The van der Waals surface area contributed by atoms with Crippen molar-refractivity contribution < 1.29 is 0 Å². The molecular weight excluding hydrogens is 343 g/mol. The molecule has 0 aromatic heterocycles. The molecule has 1 heterocycles. The summed E-state index contributed by atoms with van der Waals surface area (Å²) in [4.78, 5) is 0. The highest BCUT2D eigenvalue weighted by Crippen LogP contribution is 2.69. The van der Waals surface area contributed by atoms with Crippen molar-refractivity contribution in [3.8, 4) is 0 Å². The topological polar surface area (TPSA) is 0 Å². The van der Waals surface area contributed by atoms with Gasteiger partial charge >= 0.3 is 0 Å². The van der Waals surface area contributed by atoms with Crippen molar-refractivity contribution in [3.63, 3.8) is 0 Å². The summed E-state index contributed by atoms with van der Waals surface area (Å²) in [6.45, 7) is 0. The summed E-state index contributed by atoms with van der Waals surface area (Å²) in [5.41, 5.74) is 4.29. The van der Waals surface area contributed by atoms with E-state index < -0.39 is 0 Å². The first-order valence-electron chi connectivity index (χ1n) is 9.78. The minimum atomic E-state index is -0.319. The number of hydrogen-bond donors (Lipinski definition) is 0. The Morgan fingerprint density at radius 3 is 1.67 bits per heavy atom. The molecule has 1 heteroatoms. The number of rotatable bonds is 3. The first kappa shape index (κ1) is 16.7. The van der Waals surface area contributed by atoms with Gasteiger partial charge in [0.25, 0.3) is 0 Å². The van der Waals surface area contributed by atoms with Crippen LogP contribution in [-0.4, -0.2) is 0 Å². The molecule has 1 saturated heterocycles. The van der Waals surface area contributed by atoms with Crippen LogP contribution >= 0.6 is 7.92 Å². The van der Waals surface area contributed by atoms with E-state index in [-0.39, 0.29) is 7.92 Å². The zero-order valence-corrected chi connectivity index (χ0v) is 16.2. The summed E-state index contributed by atoms with van der Waals surface area (Å²) < 4.78 is 0. The average Bonchev–Trinajstić information content (AvgIpc) is 3.19. The van der Waals surface area contributed by atoms with E-state index in [4.69, 9.17) is 0 Å². The van der Waals surface area contributed by atoms with Crippen molar-refractivity contribution in [3.05, 3.63) is 114 Å². The molecule has 132 valence electrons. The molecule has 27 heavy (non-hydrogen) atoms. The fourth-order valence-electron chi connectivity index (χ4n) is 4.59. The lowest BCUT2D eigenvalue weighted by Gasteiger charge is -2.28. The van der Waals surface area contributed by atoms with Crippen molar-refractivity contribution in [2.75, 3.05) is 0 Å². The first-order valence-corrected chi connectivity index (χ1v) is 11.3. The highest BCUT2D eigenvalue weighted by molar-refractivity contribution is 7.67. The van der Waals surface area contributed by atoms with Crippen LogP contribution in [0.25, 0.3) is 10.8 Å². The number of benzene rings is 4. The van der Waals surface area contributed by atoms with Gasteiger partial charge in [-0.2, -0.15) is 0 Å². The largest absolute Gasteiger partial charge is 0.0622 e. The maximum atomic E-state index is 2.39. The van der Waals surface area contributed by atoms with E-state index in [2.05, 4.69) is 103 Å². The molecule has 4 aromatic carbocycles. The molecule has 0 radical (unpaired) electrons. The van der Waals surface area contributed by atoms with Crippen LogP contribution in [0.15, 0.2) is 103 Å². The Morgan fingerprint density at radius 2 is 1.04 bits per heavy atom. The van der Waals surface area contributed by atoms with Gasteiger partial charge in [-0.15, -0.1) is 0 Å². The monoisotopic (exact) mass is 366 g/mol. The fraction of sp³-hybridized carbons (Fsp3) is 0.154. The minimum Gasteiger partial charge on any atom is -0.0622 e. The van der Waals surface area contributed by atoms with Gasteiger partial charge in [0.2, 0.25) is 0 Å². The molecule has 1 fully saturated rings. The number of hydrogen-bond acceptors (Lipinski definition) is 0. The first-order chi connectivity index (χ1) is 13.4. The van der Waals surface area contributed by atoms with Crippen molar-refractivity contribution >= 4 is 24.0 Å². The molecule has 1 aliphatic rings. The molecule has 4 aromatic rings. The Morgan fingerprint density at radius 1 is 0.519 bits per heavy atom. The van der Waals surface area contributed by atoms with Gasteiger partial charge in [0, 0.05) is 11.3 Å². The Bertz CT molecular complexity index is 986. The summed E-state index contributed by atoms with van der Waals surface area (Å²) in [6, 6.07) is 38.2. The second kappa shape index (κ2) is 7.29. The number of fused-ring (bicyclic) bond motifs is 1. The van der Waals surface area contributed by atoms with Gasteiger partial charge in [0.15, 0.2) is 0 Å². The van der Waals surface area contributed by atoms with Crippen molar-refractivity contribution in [1.82, 2.24) is 0 Å². The Kier molecular flexibility index (Phi) is 4.52. The molecular formula is C26H23P. The average molecular weight is 366 g/mol. The molecule has 0 spiro atoms. The van der Waals surface area contributed by atoms with Gasteiger partial charge < -0.3 is 0 Å². The van der Waals surface area contributed by atoms with Crippen LogP contribution in [0.5, 0.6) is 0 Å². The van der Waals surface area contributed by atoms with Crippen molar-refractivity contribution in [1.29, 1.82) is 0 Å². The zero-order valence-electron chi connectivity index (χ0n) is 15.3. The maximum Gasteiger partial charge on any atom is 0.00880 e. The Hall–Kier alpha value is -2.43. The molecule has 1 aliphatic heterocycles. The summed E-state index contributed by atoms with van der Waals surface area (Å²) in [5.74, 6) is 0. The predicted octanol–water partition coefficient (Wildman–Crippen LogP) is 7.22. The van der Waals surface area contributed by atoms with E-state index in [9.17, 15) is 0 Å². The Balaban J connectivity index is 1.68. The maximum absolute atomic E-state index is 2.39. The summed E-state index contributed by atoms with van der Waals surface area (Å²) in [5, 5.41) is 4.38. The Labute approximate surface area is 162 Å². The molecule has 2 atom stereocenters. The smallest absolute Gasteiger partial charge is 0.00880 e. The van der Waals surface area contributed by atoms with Gasteiger partial charge in [-0.05, 0) is 40.0 Å².